The molecule has 0 aliphatic carbocycles. The van der Waals surface area contributed by atoms with E-state index >= 15 is 0 Å². The fourth-order valence-electron chi connectivity index (χ4n) is 1.27. The van der Waals surface area contributed by atoms with Gasteiger partial charge >= 0.3 is 0 Å². The number of rotatable bonds is 9. The largest absolute Gasteiger partial charge is 0.396 e. The molecular weight excluding hydrogens is 192 g/mol. The zero-order chi connectivity index (χ0) is 11.5. The summed E-state index contributed by atoms with van der Waals surface area (Å²) >= 11 is 0. The van der Waals surface area contributed by atoms with E-state index in [2.05, 4.69) is 5.32 Å². The third kappa shape index (κ3) is 11.3. The maximum absolute atomic E-state index is 11.2. The van der Waals surface area contributed by atoms with Gasteiger partial charge in [0, 0.05) is 25.6 Å². The lowest BCUT2D eigenvalue weighted by atomic mass is 10.2. The van der Waals surface area contributed by atoms with Gasteiger partial charge in [-0.2, -0.15) is 0 Å². The average molecular weight is 216 g/mol. The van der Waals surface area contributed by atoms with Crippen molar-refractivity contribution in [2.75, 3.05) is 13.2 Å². The van der Waals surface area contributed by atoms with E-state index in [1.54, 1.807) is 0 Å². The van der Waals surface area contributed by atoms with Crippen molar-refractivity contribution in [3.05, 3.63) is 0 Å². The van der Waals surface area contributed by atoms with E-state index in [1.807, 2.05) is 6.92 Å². The minimum absolute atomic E-state index is 0.0921. The van der Waals surface area contributed by atoms with Gasteiger partial charge in [0.05, 0.1) is 0 Å². The third-order valence-corrected chi connectivity index (χ3v) is 2.23. The maximum atomic E-state index is 11.2. The summed E-state index contributed by atoms with van der Waals surface area (Å²) in [4.78, 5) is 11.2. The standard InChI is InChI=1S/C11H24N2O2/c1-10(12)6-7-11(15)13-8-4-2-3-5-9-14/h10,14H,2-9,12H2,1H3,(H,13,15). The van der Waals surface area contributed by atoms with Crippen molar-refractivity contribution >= 4 is 5.91 Å². The van der Waals surface area contributed by atoms with Crippen molar-refractivity contribution < 1.29 is 9.90 Å². The summed E-state index contributed by atoms with van der Waals surface area (Å²) in [6.45, 7) is 2.91. The van der Waals surface area contributed by atoms with E-state index in [0.717, 1.165) is 38.6 Å². The molecule has 0 aliphatic heterocycles. The number of nitrogens with one attached hydrogen (secondary N) is 1. The summed E-state index contributed by atoms with van der Waals surface area (Å²) < 4.78 is 0. The van der Waals surface area contributed by atoms with Crippen LogP contribution >= 0.6 is 0 Å². The number of carbonyl (C=O) groups excluding carboxylic acids is 1. The zero-order valence-corrected chi connectivity index (χ0v) is 9.67. The highest BCUT2D eigenvalue weighted by Crippen LogP contribution is 1.98. The number of aliphatic hydroxyl groups excluding tert-OH is 1. The van der Waals surface area contributed by atoms with Crippen LogP contribution in [-0.4, -0.2) is 30.2 Å². The summed E-state index contributed by atoms with van der Waals surface area (Å²) in [5, 5.41) is 11.4. The molecule has 0 aromatic heterocycles. The molecule has 1 amide bonds. The smallest absolute Gasteiger partial charge is 0.220 e. The quantitative estimate of drug-likeness (QED) is 0.499. The molecule has 0 heterocycles. The van der Waals surface area contributed by atoms with E-state index in [9.17, 15) is 4.79 Å². The fourth-order valence-corrected chi connectivity index (χ4v) is 1.27. The molecule has 4 heteroatoms. The second-order valence-corrected chi connectivity index (χ2v) is 4.00. The van der Waals surface area contributed by atoms with Crippen molar-refractivity contribution in [1.82, 2.24) is 5.32 Å². The molecule has 0 saturated carbocycles. The van der Waals surface area contributed by atoms with Gasteiger partial charge in [-0.1, -0.05) is 12.8 Å². The Morgan fingerprint density at radius 2 is 2.00 bits per heavy atom. The Labute approximate surface area is 92.2 Å². The van der Waals surface area contributed by atoms with Crippen LogP contribution in [0.5, 0.6) is 0 Å². The highest BCUT2D eigenvalue weighted by molar-refractivity contribution is 5.75. The van der Waals surface area contributed by atoms with E-state index in [4.69, 9.17) is 10.8 Å². The number of aliphatic hydroxyl groups is 1. The molecule has 0 aliphatic rings. The van der Waals surface area contributed by atoms with Gasteiger partial charge in [-0.3, -0.25) is 4.79 Å². The Bertz CT molecular complexity index is 161. The number of amides is 1. The van der Waals surface area contributed by atoms with Gasteiger partial charge in [0.15, 0.2) is 0 Å². The van der Waals surface area contributed by atoms with E-state index in [-0.39, 0.29) is 18.6 Å². The van der Waals surface area contributed by atoms with Crippen LogP contribution in [0.1, 0.15) is 45.4 Å². The second kappa shape index (κ2) is 9.93. The molecule has 1 atom stereocenters. The Hall–Kier alpha value is -0.610. The molecule has 0 bridgehead atoms. The molecule has 0 aromatic carbocycles. The van der Waals surface area contributed by atoms with Crippen molar-refractivity contribution in [2.45, 2.75) is 51.5 Å². The van der Waals surface area contributed by atoms with Crippen LogP contribution in [-0.2, 0) is 4.79 Å². The molecule has 90 valence electrons. The predicted molar refractivity (Wildman–Crippen MR) is 61.4 cm³/mol. The van der Waals surface area contributed by atoms with Crippen molar-refractivity contribution in [3.63, 3.8) is 0 Å². The molecule has 0 saturated heterocycles. The van der Waals surface area contributed by atoms with Crippen LogP contribution in [0.4, 0.5) is 0 Å². The molecule has 1 unspecified atom stereocenters. The summed E-state index contributed by atoms with van der Waals surface area (Å²) in [6, 6.07) is 0.0975. The molecule has 0 spiro atoms. The van der Waals surface area contributed by atoms with Gasteiger partial charge in [0.25, 0.3) is 0 Å². The van der Waals surface area contributed by atoms with Crippen LogP contribution in [0.3, 0.4) is 0 Å². The topological polar surface area (TPSA) is 75.4 Å². The molecule has 0 fully saturated rings. The first-order chi connectivity index (χ1) is 7.16. The molecule has 0 rings (SSSR count). The number of hydrogen-bond acceptors (Lipinski definition) is 3. The van der Waals surface area contributed by atoms with Gasteiger partial charge in [0.1, 0.15) is 0 Å². The van der Waals surface area contributed by atoms with Crippen LogP contribution < -0.4 is 11.1 Å². The number of hydrogen-bond donors (Lipinski definition) is 3. The summed E-state index contributed by atoms with van der Waals surface area (Å²) in [5.74, 6) is 0.0921. The molecule has 0 aromatic rings. The van der Waals surface area contributed by atoms with Gasteiger partial charge in [-0.05, 0) is 26.2 Å². The van der Waals surface area contributed by atoms with Crippen LogP contribution in [0.2, 0.25) is 0 Å². The SMILES string of the molecule is CC(N)CCC(=O)NCCCCCCO. The predicted octanol–water partition coefficient (Wildman–Crippen LogP) is 0.783. The van der Waals surface area contributed by atoms with Gasteiger partial charge in [0.2, 0.25) is 5.91 Å². The lowest BCUT2D eigenvalue weighted by molar-refractivity contribution is -0.121. The van der Waals surface area contributed by atoms with Gasteiger partial charge in [-0.15, -0.1) is 0 Å². The first-order valence-corrected chi connectivity index (χ1v) is 5.80. The van der Waals surface area contributed by atoms with Crippen molar-refractivity contribution in [3.8, 4) is 0 Å². The minimum atomic E-state index is 0.0921. The first kappa shape index (κ1) is 14.4. The van der Waals surface area contributed by atoms with Gasteiger partial charge < -0.3 is 16.2 Å². The lowest BCUT2D eigenvalue weighted by Crippen LogP contribution is -2.26. The summed E-state index contributed by atoms with van der Waals surface area (Å²) in [5.41, 5.74) is 5.55. The van der Waals surface area contributed by atoms with Crippen LogP contribution in [0.15, 0.2) is 0 Å². The number of unbranched alkanes of at least 4 members (excludes halogenated alkanes) is 3. The normalized spacial score (nSPS) is 12.5. The Kier molecular flexibility index (Phi) is 9.52. The zero-order valence-electron chi connectivity index (χ0n) is 9.67. The Morgan fingerprint density at radius 1 is 1.33 bits per heavy atom. The summed E-state index contributed by atoms with van der Waals surface area (Å²) in [7, 11) is 0. The second-order valence-electron chi connectivity index (χ2n) is 4.00. The molecule has 15 heavy (non-hydrogen) atoms. The number of carbonyl (C=O) groups is 1. The highest BCUT2D eigenvalue weighted by Gasteiger charge is 2.02. The van der Waals surface area contributed by atoms with Crippen molar-refractivity contribution in [1.29, 1.82) is 0 Å². The summed E-state index contributed by atoms with van der Waals surface area (Å²) in [6.07, 6.45) is 5.22. The third-order valence-electron chi connectivity index (χ3n) is 2.23. The van der Waals surface area contributed by atoms with Crippen molar-refractivity contribution in [2.24, 2.45) is 5.73 Å². The fraction of sp³-hybridized carbons (Fsp3) is 0.909. The minimum Gasteiger partial charge on any atom is -0.396 e. The van der Waals surface area contributed by atoms with E-state index in [1.165, 1.54) is 0 Å². The molecule has 4 N–H and O–H groups in total. The van der Waals surface area contributed by atoms with E-state index in [0.29, 0.717) is 6.42 Å². The maximum Gasteiger partial charge on any atom is 0.220 e. The molecule has 0 radical (unpaired) electrons. The molecule has 4 nitrogen and oxygen atoms in total. The Morgan fingerprint density at radius 3 is 2.60 bits per heavy atom. The first-order valence-electron chi connectivity index (χ1n) is 5.80. The number of nitrogens with two attached hydrogens (primary N) is 1. The molecular formula is C11H24N2O2. The van der Waals surface area contributed by atoms with Crippen LogP contribution in [0.25, 0.3) is 0 Å². The lowest BCUT2D eigenvalue weighted by Gasteiger charge is -2.06. The Balaban J connectivity index is 3.17. The highest BCUT2D eigenvalue weighted by atomic mass is 16.2. The van der Waals surface area contributed by atoms with Gasteiger partial charge in [-0.25, -0.2) is 0 Å². The van der Waals surface area contributed by atoms with Crippen LogP contribution in [0, 0.1) is 0 Å². The monoisotopic (exact) mass is 216 g/mol. The average Bonchev–Trinajstić information content (AvgIpc) is 2.20. The van der Waals surface area contributed by atoms with E-state index < -0.39 is 0 Å².